The van der Waals surface area contributed by atoms with Crippen LogP contribution in [0, 0.1) is 0 Å². The molecule has 562 valence electrons. The van der Waals surface area contributed by atoms with Gasteiger partial charge in [-0.1, -0.05) is 285 Å². The van der Waals surface area contributed by atoms with Gasteiger partial charge < -0.3 is 46.6 Å². The summed E-state index contributed by atoms with van der Waals surface area (Å²) in [6.45, 7) is 21.9. The number of carbonyl (C=O) groups excluding carboxylic acids is 5. The summed E-state index contributed by atoms with van der Waals surface area (Å²) in [6.07, 6.45) is 55.8. The van der Waals surface area contributed by atoms with Gasteiger partial charge in [-0.2, -0.15) is 0 Å². The van der Waals surface area contributed by atoms with Crippen molar-refractivity contribution in [2.75, 3.05) is 79.0 Å². The molecule has 0 bridgehead atoms. The molecule has 0 aromatic carbocycles. The second-order valence-electron chi connectivity index (χ2n) is 29.1. The van der Waals surface area contributed by atoms with Crippen molar-refractivity contribution in [1.29, 1.82) is 0 Å². The molecule has 0 aliphatic rings. The predicted molar refractivity (Wildman–Crippen MR) is 405 cm³/mol. The number of rotatable bonds is 73. The van der Waals surface area contributed by atoms with Crippen molar-refractivity contribution in [2.45, 2.75) is 393 Å². The number of nitrogens with one attached hydrogen (secondary N) is 6. The maximum Gasteiger partial charge on any atom is 0.221 e. The van der Waals surface area contributed by atoms with Gasteiger partial charge in [0, 0.05) is 129 Å². The Labute approximate surface area is 586 Å². The Morgan fingerprint density at radius 3 is 0.779 bits per heavy atom. The number of unbranched alkanes of at least 4 members (excludes halogenated alkanes) is 36. The molecule has 4 atom stereocenters. The maximum atomic E-state index is 13.6. The Bertz CT molecular complexity index is 1710. The first-order chi connectivity index (χ1) is 46.0. The molecule has 95 heavy (non-hydrogen) atoms. The van der Waals surface area contributed by atoms with Crippen LogP contribution < -0.4 is 49.1 Å². The Morgan fingerprint density at radius 2 is 0.516 bits per heavy atom. The second kappa shape index (κ2) is 66.9. The quantitative estimate of drug-likeness (QED) is 0.0204. The van der Waals surface area contributed by atoms with Crippen LogP contribution in [0.2, 0.25) is 0 Å². The smallest absolute Gasteiger partial charge is 0.221 e. The lowest BCUT2D eigenvalue weighted by Crippen LogP contribution is -2.70. The highest BCUT2D eigenvalue weighted by atomic mass is 16.2. The largest absolute Gasteiger partial charge is 0.359 e. The Morgan fingerprint density at radius 1 is 0.295 bits per heavy atom. The molecular formula is C78H160N12O5. The van der Waals surface area contributed by atoms with Crippen LogP contribution in [0.1, 0.15) is 363 Å². The summed E-state index contributed by atoms with van der Waals surface area (Å²) in [5.41, 5.74) is 18.8. The molecule has 0 heterocycles. The molecule has 0 aromatic heterocycles. The summed E-state index contributed by atoms with van der Waals surface area (Å²) in [5.74, 6) is -1.62. The molecule has 0 fully saturated rings. The van der Waals surface area contributed by atoms with E-state index in [9.17, 15) is 24.0 Å². The van der Waals surface area contributed by atoms with Crippen LogP contribution in [-0.4, -0.2) is 153 Å². The minimum atomic E-state index is -1.55. The average molecular weight is 1350 g/mol. The Hall–Kier alpha value is -2.93. The molecule has 17 heteroatoms. The molecule has 0 radical (unpaired) electrons. The zero-order chi connectivity index (χ0) is 70.1. The van der Waals surface area contributed by atoms with Crippen LogP contribution in [0.3, 0.4) is 0 Å². The van der Waals surface area contributed by atoms with Crippen LogP contribution in [0.4, 0.5) is 0 Å². The van der Waals surface area contributed by atoms with Crippen molar-refractivity contribution in [2.24, 2.45) is 17.2 Å². The average Bonchev–Trinajstić information content (AvgIpc) is 3.03. The summed E-state index contributed by atoms with van der Waals surface area (Å²) in [7, 11) is 1.67. The molecule has 0 aromatic rings. The highest BCUT2D eigenvalue weighted by Crippen LogP contribution is 2.17. The topological polar surface area (TPSA) is 245 Å². The van der Waals surface area contributed by atoms with Crippen molar-refractivity contribution >= 4 is 29.5 Å². The minimum absolute atomic E-state index is 0.0214. The van der Waals surface area contributed by atoms with Crippen LogP contribution in [-0.2, 0) is 24.0 Å². The van der Waals surface area contributed by atoms with Gasteiger partial charge >= 0.3 is 0 Å². The molecular weight excluding hydrogens is 1180 g/mol. The van der Waals surface area contributed by atoms with E-state index in [1.165, 1.54) is 218 Å². The highest BCUT2D eigenvalue weighted by molar-refractivity contribution is 5.78. The lowest BCUT2D eigenvalue weighted by Gasteiger charge is -2.31. The molecule has 4 unspecified atom stereocenters. The fraction of sp³-hybridized carbons (Fsp3) is 0.936. The van der Waals surface area contributed by atoms with E-state index >= 15 is 0 Å². The van der Waals surface area contributed by atoms with Gasteiger partial charge in [-0.15, -0.1) is 0 Å². The van der Waals surface area contributed by atoms with E-state index in [2.05, 4.69) is 95.1 Å². The lowest BCUT2D eigenvalue weighted by molar-refractivity contribution is -0.124. The standard InChI is InChI=1S/C78H160N12O5/c1-9-13-17-21-25-29-33-37-41-45-49-69(5)84-74(92)54-61-88(62-57-77(95)87-72(78(79,80)81)52-48-44-40-36-32-28-24-20-16-12-4)65-58-83-59-66-90(60-53-73(91)82-8)68-67-89(63-55-75(93)85-70(6)50-46-42-38-34-30-26-22-18-14-10-2)64-56-76(94)86-71(7)51-47-43-39-35-31-27-23-19-15-11-3/h69-72,83H,9-68,79-81H2,1-8H3,(H,82,91)(H,84,92)(H,85,93)(H,86,94)(H,87,95). The van der Waals surface area contributed by atoms with Gasteiger partial charge in [-0.05, 0) is 46.5 Å². The third-order valence-electron chi connectivity index (χ3n) is 19.5. The van der Waals surface area contributed by atoms with Crippen LogP contribution in [0.5, 0.6) is 0 Å². The number of hydrogen-bond donors (Lipinski definition) is 9. The first kappa shape index (κ1) is 92.1. The summed E-state index contributed by atoms with van der Waals surface area (Å²) in [4.78, 5) is 73.4. The van der Waals surface area contributed by atoms with E-state index in [0.717, 1.165) is 57.8 Å². The molecule has 0 aliphatic carbocycles. The number of carbonyl (C=O) groups is 5. The molecule has 0 spiro atoms. The van der Waals surface area contributed by atoms with Crippen molar-refractivity contribution in [3.63, 3.8) is 0 Å². The number of nitrogens with two attached hydrogens (primary N) is 3. The molecule has 0 saturated heterocycles. The summed E-state index contributed by atoms with van der Waals surface area (Å²) in [6, 6.07) is -0.237. The first-order valence-electron chi connectivity index (χ1n) is 40.6. The van der Waals surface area contributed by atoms with Gasteiger partial charge in [0.1, 0.15) is 5.79 Å². The van der Waals surface area contributed by atoms with Crippen molar-refractivity contribution < 1.29 is 24.0 Å². The summed E-state index contributed by atoms with van der Waals surface area (Å²) >= 11 is 0. The lowest BCUT2D eigenvalue weighted by atomic mass is 10.0. The van der Waals surface area contributed by atoms with Gasteiger partial charge in [0.15, 0.2) is 0 Å². The van der Waals surface area contributed by atoms with Gasteiger partial charge in [-0.25, -0.2) is 0 Å². The number of amides is 5. The molecule has 0 saturated carbocycles. The molecule has 0 aliphatic heterocycles. The van der Waals surface area contributed by atoms with Crippen molar-refractivity contribution in [3.8, 4) is 0 Å². The van der Waals surface area contributed by atoms with E-state index < -0.39 is 11.8 Å². The van der Waals surface area contributed by atoms with E-state index in [1.54, 1.807) is 7.05 Å². The van der Waals surface area contributed by atoms with Crippen molar-refractivity contribution in [3.05, 3.63) is 0 Å². The second-order valence-corrected chi connectivity index (χ2v) is 29.1. The molecule has 5 amide bonds. The summed E-state index contributed by atoms with van der Waals surface area (Å²) < 4.78 is 0. The Kier molecular flexibility index (Phi) is 64.9. The fourth-order valence-corrected chi connectivity index (χ4v) is 12.9. The van der Waals surface area contributed by atoms with E-state index in [1.807, 2.05) is 0 Å². The van der Waals surface area contributed by atoms with Crippen LogP contribution in [0.25, 0.3) is 0 Å². The molecule has 12 N–H and O–H groups in total. The highest BCUT2D eigenvalue weighted by Gasteiger charge is 2.28. The SMILES string of the molecule is CCCCCCCCCCCCC(C)NC(=O)CCN(CCNCCN(CCC(=O)NC)CCN(CCC(=O)NC(C)CCCCCCCCCCCC)CCC(=O)NC(C)CCCCCCCCCCCC)CCC(=O)NC(CCCCCCCCCCCC)C(N)(N)N. The van der Waals surface area contributed by atoms with Crippen LogP contribution in [0.15, 0.2) is 0 Å². The predicted octanol–water partition coefficient (Wildman–Crippen LogP) is 15.0. The van der Waals surface area contributed by atoms with E-state index in [0.29, 0.717) is 104 Å². The third-order valence-corrected chi connectivity index (χ3v) is 19.5. The zero-order valence-electron chi connectivity index (χ0n) is 63.9. The first-order valence-corrected chi connectivity index (χ1v) is 40.6. The third kappa shape index (κ3) is 63.0. The van der Waals surface area contributed by atoms with Gasteiger partial charge in [-0.3, -0.25) is 41.2 Å². The normalized spacial score (nSPS) is 13.2. The van der Waals surface area contributed by atoms with E-state index in [4.69, 9.17) is 17.2 Å². The van der Waals surface area contributed by atoms with Crippen molar-refractivity contribution in [1.82, 2.24) is 46.6 Å². The van der Waals surface area contributed by atoms with Gasteiger partial charge in [0.25, 0.3) is 0 Å². The van der Waals surface area contributed by atoms with Gasteiger partial charge in [0.2, 0.25) is 29.5 Å². The number of hydrogen-bond acceptors (Lipinski definition) is 12. The number of nitrogens with zero attached hydrogens (tertiary/aromatic N) is 3. The van der Waals surface area contributed by atoms with Gasteiger partial charge in [0.05, 0.1) is 6.04 Å². The zero-order valence-corrected chi connectivity index (χ0v) is 63.9. The van der Waals surface area contributed by atoms with E-state index in [-0.39, 0.29) is 54.1 Å². The fourth-order valence-electron chi connectivity index (χ4n) is 12.9. The maximum absolute atomic E-state index is 13.6. The molecule has 17 nitrogen and oxygen atoms in total. The monoisotopic (exact) mass is 1350 g/mol. The minimum Gasteiger partial charge on any atom is -0.359 e. The Balaban J connectivity index is 5.88. The molecule has 0 rings (SSSR count). The van der Waals surface area contributed by atoms with Crippen LogP contribution >= 0.6 is 0 Å². The summed E-state index contributed by atoms with van der Waals surface area (Å²) in [5, 5.41) is 19.3.